The van der Waals surface area contributed by atoms with Crippen molar-refractivity contribution in [2.75, 3.05) is 0 Å². The van der Waals surface area contributed by atoms with Crippen LogP contribution in [0.5, 0.6) is 5.75 Å². The lowest BCUT2D eigenvalue weighted by atomic mass is 10.0. The van der Waals surface area contributed by atoms with Crippen LogP contribution in [0.15, 0.2) is 29.6 Å². The van der Waals surface area contributed by atoms with Crippen LogP contribution in [0.2, 0.25) is 0 Å². The molecule has 21 heavy (non-hydrogen) atoms. The smallest absolute Gasteiger partial charge is 0.405 e. The van der Waals surface area contributed by atoms with Crippen molar-refractivity contribution < 1.29 is 22.7 Å². The highest BCUT2D eigenvalue weighted by molar-refractivity contribution is 7.10. The molecule has 0 saturated carbocycles. The van der Waals surface area contributed by atoms with E-state index in [2.05, 4.69) is 4.74 Å². The monoisotopic (exact) mass is 315 g/mol. The molecule has 1 heterocycles. The van der Waals surface area contributed by atoms with Crippen molar-refractivity contribution in [1.82, 2.24) is 0 Å². The largest absolute Gasteiger partial charge is 0.573 e. The summed E-state index contributed by atoms with van der Waals surface area (Å²) in [5, 5.41) is 1.85. The van der Waals surface area contributed by atoms with Gasteiger partial charge in [-0.15, -0.1) is 24.5 Å². The number of halogens is 3. The number of amides is 1. The Labute approximate surface area is 123 Å². The summed E-state index contributed by atoms with van der Waals surface area (Å²) < 4.78 is 41.7. The van der Waals surface area contributed by atoms with Crippen LogP contribution < -0.4 is 10.5 Å². The molecule has 1 aromatic carbocycles. The molecular formula is C14H12F3NO2S. The number of hydrogen-bond donors (Lipinski definition) is 1. The van der Waals surface area contributed by atoms with Crippen molar-refractivity contribution >= 4 is 17.2 Å². The zero-order valence-corrected chi connectivity index (χ0v) is 11.8. The van der Waals surface area contributed by atoms with Crippen LogP contribution in [0.3, 0.4) is 0 Å². The minimum absolute atomic E-state index is 0.246. The highest BCUT2D eigenvalue weighted by atomic mass is 32.1. The second-order valence-electron chi connectivity index (χ2n) is 4.41. The predicted octanol–water partition coefficient (Wildman–Crippen LogP) is 3.64. The number of thiophene rings is 1. The fraction of sp³-hybridized carbons (Fsp3) is 0.214. The van der Waals surface area contributed by atoms with Crippen molar-refractivity contribution in [2.45, 2.75) is 19.7 Å². The van der Waals surface area contributed by atoms with Crippen molar-refractivity contribution in [3.8, 4) is 5.75 Å². The second kappa shape index (κ2) is 5.77. The Morgan fingerprint density at radius 3 is 2.57 bits per heavy atom. The molecule has 7 heteroatoms. The number of carbonyl (C=O) groups is 1. The fourth-order valence-electron chi connectivity index (χ4n) is 1.91. The molecule has 0 spiro atoms. The van der Waals surface area contributed by atoms with Gasteiger partial charge in [0.25, 0.3) is 5.91 Å². The van der Waals surface area contributed by atoms with E-state index >= 15 is 0 Å². The third-order valence-electron chi connectivity index (χ3n) is 2.90. The fourth-order valence-corrected chi connectivity index (χ4v) is 2.84. The molecule has 2 N–H and O–H groups in total. The van der Waals surface area contributed by atoms with Gasteiger partial charge in [0.05, 0.1) is 5.56 Å². The molecule has 2 aromatic rings. The number of benzene rings is 1. The molecule has 0 aliphatic heterocycles. The van der Waals surface area contributed by atoms with Crippen LogP contribution in [-0.4, -0.2) is 12.3 Å². The summed E-state index contributed by atoms with van der Waals surface area (Å²) in [4.78, 5) is 12.2. The summed E-state index contributed by atoms with van der Waals surface area (Å²) in [6.07, 6.45) is -4.64. The zero-order valence-electron chi connectivity index (χ0n) is 11.0. The van der Waals surface area contributed by atoms with Crippen LogP contribution >= 0.6 is 11.3 Å². The topological polar surface area (TPSA) is 52.3 Å². The molecule has 3 nitrogen and oxygen atoms in total. The van der Waals surface area contributed by atoms with E-state index in [0.717, 1.165) is 10.4 Å². The highest BCUT2D eigenvalue weighted by Crippen LogP contribution is 2.33. The van der Waals surface area contributed by atoms with E-state index < -0.39 is 18.0 Å². The maximum absolute atomic E-state index is 12.6. The van der Waals surface area contributed by atoms with Gasteiger partial charge in [-0.2, -0.15) is 0 Å². The van der Waals surface area contributed by atoms with E-state index in [4.69, 9.17) is 5.73 Å². The lowest BCUT2D eigenvalue weighted by Crippen LogP contribution is -2.22. The van der Waals surface area contributed by atoms with Gasteiger partial charge in [-0.25, -0.2) is 0 Å². The number of aryl methyl sites for hydroxylation is 1. The molecule has 1 aromatic heterocycles. The van der Waals surface area contributed by atoms with Crippen LogP contribution in [0, 0.1) is 6.92 Å². The van der Waals surface area contributed by atoms with Gasteiger partial charge >= 0.3 is 6.36 Å². The number of alkyl halides is 3. The molecule has 2 rings (SSSR count). The first-order chi connectivity index (χ1) is 9.78. The van der Waals surface area contributed by atoms with Gasteiger partial charge in [-0.05, 0) is 30.0 Å². The van der Waals surface area contributed by atoms with E-state index in [1.54, 1.807) is 0 Å². The van der Waals surface area contributed by atoms with Crippen molar-refractivity contribution in [1.29, 1.82) is 0 Å². The maximum atomic E-state index is 12.6. The molecule has 0 bridgehead atoms. The van der Waals surface area contributed by atoms with Crippen molar-refractivity contribution in [2.24, 2.45) is 5.73 Å². The van der Waals surface area contributed by atoms with E-state index in [1.807, 2.05) is 18.4 Å². The Kier molecular flexibility index (Phi) is 4.22. The zero-order chi connectivity index (χ0) is 15.6. The molecule has 0 fully saturated rings. The second-order valence-corrected chi connectivity index (χ2v) is 5.41. The van der Waals surface area contributed by atoms with Gasteiger partial charge in [-0.1, -0.05) is 12.1 Å². The minimum Gasteiger partial charge on any atom is -0.405 e. The average Bonchev–Trinajstić information content (AvgIpc) is 2.75. The van der Waals surface area contributed by atoms with Crippen molar-refractivity contribution in [3.63, 3.8) is 0 Å². The number of rotatable bonds is 4. The predicted molar refractivity (Wildman–Crippen MR) is 73.5 cm³/mol. The van der Waals surface area contributed by atoms with Crippen LogP contribution in [0.25, 0.3) is 0 Å². The molecule has 1 amide bonds. The summed E-state index contributed by atoms with van der Waals surface area (Å²) in [5.74, 6) is -1.48. The maximum Gasteiger partial charge on any atom is 0.573 e. The van der Waals surface area contributed by atoms with Gasteiger partial charge < -0.3 is 10.5 Å². The summed E-state index contributed by atoms with van der Waals surface area (Å²) in [6, 6.07) is 6.07. The normalized spacial score (nSPS) is 11.4. The molecule has 0 saturated heterocycles. The number of nitrogens with two attached hydrogens (primary N) is 1. The van der Waals surface area contributed by atoms with E-state index in [-0.39, 0.29) is 17.5 Å². The van der Waals surface area contributed by atoms with Crippen LogP contribution in [-0.2, 0) is 6.42 Å². The lowest BCUT2D eigenvalue weighted by molar-refractivity contribution is -0.275. The van der Waals surface area contributed by atoms with Crippen LogP contribution in [0.4, 0.5) is 13.2 Å². The SMILES string of the molecule is Cc1ccsc1Cc1cccc(C(N)=O)c1OC(F)(F)F. The van der Waals surface area contributed by atoms with Gasteiger partial charge in [0.1, 0.15) is 5.75 Å². The van der Waals surface area contributed by atoms with E-state index in [9.17, 15) is 18.0 Å². The molecular weight excluding hydrogens is 303 g/mol. The summed E-state index contributed by atoms with van der Waals surface area (Å²) in [6.45, 7) is 1.87. The Balaban J connectivity index is 2.47. The number of hydrogen-bond acceptors (Lipinski definition) is 3. The molecule has 0 radical (unpaired) electrons. The highest BCUT2D eigenvalue weighted by Gasteiger charge is 2.34. The summed E-state index contributed by atoms with van der Waals surface area (Å²) in [5.41, 5.74) is 6.09. The molecule has 0 unspecified atom stereocenters. The van der Waals surface area contributed by atoms with Gasteiger partial charge in [-0.3, -0.25) is 4.79 Å². The van der Waals surface area contributed by atoms with E-state index in [0.29, 0.717) is 0 Å². The number of primary amides is 1. The first-order valence-electron chi connectivity index (χ1n) is 5.98. The molecule has 112 valence electrons. The number of carbonyl (C=O) groups excluding carboxylic acids is 1. The number of ether oxygens (including phenoxy) is 1. The Hall–Kier alpha value is -2.02. The third kappa shape index (κ3) is 3.75. The van der Waals surface area contributed by atoms with Gasteiger partial charge in [0.15, 0.2) is 0 Å². The average molecular weight is 315 g/mol. The minimum atomic E-state index is -4.88. The number of para-hydroxylation sites is 1. The van der Waals surface area contributed by atoms with E-state index in [1.165, 1.54) is 29.5 Å². The van der Waals surface area contributed by atoms with Crippen LogP contribution in [0.1, 0.15) is 26.4 Å². The summed E-state index contributed by atoms with van der Waals surface area (Å²) >= 11 is 1.43. The standard InChI is InChI=1S/C14H12F3NO2S/c1-8-5-6-21-11(8)7-9-3-2-4-10(13(18)19)12(9)20-14(15,16)17/h2-6H,7H2,1H3,(H2,18,19). The van der Waals surface area contributed by atoms with Crippen molar-refractivity contribution in [3.05, 3.63) is 51.2 Å². The Morgan fingerprint density at radius 2 is 2.05 bits per heavy atom. The van der Waals surface area contributed by atoms with Gasteiger partial charge in [0.2, 0.25) is 0 Å². The first-order valence-corrected chi connectivity index (χ1v) is 6.86. The molecule has 0 aliphatic rings. The molecule has 0 aliphatic carbocycles. The quantitative estimate of drug-likeness (QED) is 0.936. The molecule has 0 atom stereocenters. The lowest BCUT2D eigenvalue weighted by Gasteiger charge is -2.15. The Bertz CT molecular complexity index is 664. The third-order valence-corrected chi connectivity index (χ3v) is 3.92. The van der Waals surface area contributed by atoms with Gasteiger partial charge in [0, 0.05) is 16.9 Å². The Morgan fingerprint density at radius 1 is 1.33 bits per heavy atom. The summed E-state index contributed by atoms with van der Waals surface area (Å²) in [7, 11) is 0. The first kappa shape index (κ1) is 15.4.